The van der Waals surface area contributed by atoms with Gasteiger partial charge in [-0.2, -0.15) is 0 Å². The summed E-state index contributed by atoms with van der Waals surface area (Å²) in [4.78, 5) is 15.7. The Morgan fingerprint density at radius 2 is 2.12 bits per heavy atom. The predicted octanol–water partition coefficient (Wildman–Crippen LogP) is 3.55. The summed E-state index contributed by atoms with van der Waals surface area (Å²) in [5, 5.41) is 2.49. The second-order valence-corrected chi connectivity index (χ2v) is 5.85. The molecule has 0 fully saturated rings. The van der Waals surface area contributed by atoms with E-state index in [0.717, 1.165) is 12.5 Å². The molecule has 1 amide bonds. The van der Waals surface area contributed by atoms with E-state index in [1.165, 1.54) is 18.3 Å². The van der Waals surface area contributed by atoms with E-state index in [1.807, 2.05) is 13.8 Å². The Labute approximate surface area is 142 Å². The molecular formula is C16H18F3N3O3. The fourth-order valence-electron chi connectivity index (χ4n) is 2.21. The van der Waals surface area contributed by atoms with E-state index in [1.54, 1.807) is 0 Å². The van der Waals surface area contributed by atoms with E-state index in [4.69, 9.17) is 10.2 Å². The molecule has 3 N–H and O–H groups in total. The standard InChI is InChI=1S/C16H18F3N3O3/c1-9(2)5-12(20)15(23)22-10-3-4-11(14-7-21-8-24-14)13(6-10)25-16(17,18)19/h3-4,6-9,12H,5,20H2,1-2H3,(H,22,23). The van der Waals surface area contributed by atoms with Crippen LogP contribution in [-0.2, 0) is 4.79 Å². The topological polar surface area (TPSA) is 90.4 Å². The van der Waals surface area contributed by atoms with E-state index in [2.05, 4.69) is 15.0 Å². The van der Waals surface area contributed by atoms with Gasteiger partial charge in [-0.15, -0.1) is 13.2 Å². The second-order valence-electron chi connectivity index (χ2n) is 5.85. The normalized spacial score (nSPS) is 12.9. The lowest BCUT2D eigenvalue weighted by Gasteiger charge is -2.16. The Morgan fingerprint density at radius 1 is 1.40 bits per heavy atom. The molecule has 25 heavy (non-hydrogen) atoms. The van der Waals surface area contributed by atoms with Crippen molar-refractivity contribution in [1.29, 1.82) is 0 Å². The van der Waals surface area contributed by atoms with Gasteiger partial charge in [0.1, 0.15) is 5.75 Å². The lowest BCUT2D eigenvalue weighted by molar-refractivity contribution is -0.274. The quantitative estimate of drug-likeness (QED) is 0.825. The van der Waals surface area contributed by atoms with E-state index in [0.29, 0.717) is 6.42 Å². The van der Waals surface area contributed by atoms with Crippen LogP contribution in [0.25, 0.3) is 11.3 Å². The molecule has 0 bridgehead atoms. The van der Waals surface area contributed by atoms with Crippen LogP contribution in [0, 0.1) is 5.92 Å². The summed E-state index contributed by atoms with van der Waals surface area (Å²) in [6.07, 6.45) is -2.10. The zero-order chi connectivity index (χ0) is 18.6. The highest BCUT2D eigenvalue weighted by Crippen LogP contribution is 2.35. The van der Waals surface area contributed by atoms with E-state index < -0.39 is 24.1 Å². The highest BCUT2D eigenvalue weighted by Gasteiger charge is 2.33. The second kappa shape index (κ2) is 7.56. The summed E-state index contributed by atoms with van der Waals surface area (Å²) < 4.78 is 47.0. The number of carbonyl (C=O) groups is 1. The molecule has 0 saturated heterocycles. The van der Waals surface area contributed by atoms with Gasteiger partial charge in [0, 0.05) is 11.8 Å². The van der Waals surface area contributed by atoms with Crippen LogP contribution in [0.2, 0.25) is 0 Å². The molecule has 0 aliphatic heterocycles. The molecule has 6 nitrogen and oxygen atoms in total. The van der Waals surface area contributed by atoms with Crippen LogP contribution in [0.15, 0.2) is 35.2 Å². The monoisotopic (exact) mass is 357 g/mol. The first-order valence-electron chi connectivity index (χ1n) is 7.51. The summed E-state index contributed by atoms with van der Waals surface area (Å²) >= 11 is 0. The first-order chi connectivity index (χ1) is 11.7. The maximum absolute atomic E-state index is 12.7. The summed E-state index contributed by atoms with van der Waals surface area (Å²) in [5.41, 5.74) is 5.95. The Morgan fingerprint density at radius 3 is 2.68 bits per heavy atom. The van der Waals surface area contributed by atoms with Gasteiger partial charge in [-0.1, -0.05) is 13.8 Å². The van der Waals surface area contributed by atoms with E-state index in [9.17, 15) is 18.0 Å². The number of hydrogen-bond acceptors (Lipinski definition) is 5. The molecule has 0 spiro atoms. The van der Waals surface area contributed by atoms with Gasteiger partial charge in [-0.3, -0.25) is 4.79 Å². The summed E-state index contributed by atoms with van der Waals surface area (Å²) in [6.45, 7) is 3.82. The SMILES string of the molecule is CC(C)CC(N)C(=O)Nc1ccc(-c2cnco2)c(OC(F)(F)F)c1. The Kier molecular flexibility index (Phi) is 5.68. The minimum Gasteiger partial charge on any atom is -0.443 e. The minimum atomic E-state index is -4.90. The number of benzene rings is 1. The molecule has 0 saturated carbocycles. The lowest BCUT2D eigenvalue weighted by atomic mass is 10.0. The largest absolute Gasteiger partial charge is 0.573 e. The number of rotatable bonds is 6. The van der Waals surface area contributed by atoms with Crippen molar-refractivity contribution in [3.63, 3.8) is 0 Å². The van der Waals surface area contributed by atoms with Gasteiger partial charge < -0.3 is 20.2 Å². The number of alkyl halides is 3. The highest BCUT2D eigenvalue weighted by molar-refractivity contribution is 5.95. The number of oxazole rings is 1. The summed E-state index contributed by atoms with van der Waals surface area (Å²) in [7, 11) is 0. The molecule has 0 radical (unpaired) electrons. The smallest absolute Gasteiger partial charge is 0.443 e. The van der Waals surface area contributed by atoms with E-state index >= 15 is 0 Å². The fraction of sp³-hybridized carbons (Fsp3) is 0.375. The number of nitrogens with one attached hydrogen (secondary N) is 1. The number of halogens is 3. The van der Waals surface area contributed by atoms with Gasteiger partial charge in [-0.05, 0) is 24.5 Å². The molecule has 0 aliphatic rings. The number of aromatic nitrogens is 1. The van der Waals surface area contributed by atoms with Gasteiger partial charge >= 0.3 is 6.36 Å². The third-order valence-corrected chi connectivity index (χ3v) is 3.23. The Hall–Kier alpha value is -2.55. The zero-order valence-electron chi connectivity index (χ0n) is 13.6. The molecular weight excluding hydrogens is 339 g/mol. The molecule has 1 unspecified atom stereocenters. The molecule has 1 heterocycles. The molecule has 0 aliphatic carbocycles. The molecule has 2 aromatic rings. The first-order valence-corrected chi connectivity index (χ1v) is 7.51. The van der Waals surface area contributed by atoms with Crippen LogP contribution < -0.4 is 15.8 Å². The van der Waals surface area contributed by atoms with E-state index in [-0.39, 0.29) is 22.9 Å². The average molecular weight is 357 g/mol. The Bertz CT molecular complexity index is 715. The third-order valence-electron chi connectivity index (χ3n) is 3.23. The molecule has 136 valence electrons. The number of nitrogens with two attached hydrogens (primary N) is 1. The van der Waals surface area contributed by atoms with Crippen molar-refractivity contribution in [2.45, 2.75) is 32.7 Å². The van der Waals surface area contributed by atoms with Crippen molar-refractivity contribution in [3.05, 3.63) is 30.8 Å². The first kappa shape index (κ1) is 18.8. The molecule has 1 aromatic carbocycles. The molecule has 1 atom stereocenters. The minimum absolute atomic E-state index is 0.0549. The molecule has 2 rings (SSSR count). The van der Waals surface area contributed by atoms with Crippen molar-refractivity contribution in [2.75, 3.05) is 5.32 Å². The van der Waals surface area contributed by atoms with Crippen molar-refractivity contribution >= 4 is 11.6 Å². The van der Waals surface area contributed by atoms with Crippen molar-refractivity contribution in [3.8, 4) is 17.1 Å². The van der Waals surface area contributed by atoms with Gasteiger partial charge in [0.05, 0.1) is 17.8 Å². The summed E-state index contributed by atoms with van der Waals surface area (Å²) in [5.74, 6) is -0.689. The van der Waals surface area contributed by atoms with Crippen LogP contribution in [0.3, 0.4) is 0 Å². The predicted molar refractivity (Wildman–Crippen MR) is 84.7 cm³/mol. The number of amides is 1. The fourth-order valence-corrected chi connectivity index (χ4v) is 2.21. The van der Waals surface area contributed by atoms with Crippen LogP contribution in [0.5, 0.6) is 5.75 Å². The van der Waals surface area contributed by atoms with Crippen molar-refractivity contribution < 1.29 is 27.1 Å². The maximum Gasteiger partial charge on any atom is 0.573 e. The summed E-state index contributed by atoms with van der Waals surface area (Å²) in [6, 6.07) is 3.07. The van der Waals surface area contributed by atoms with Gasteiger partial charge in [0.15, 0.2) is 12.2 Å². The zero-order valence-corrected chi connectivity index (χ0v) is 13.6. The number of nitrogens with zero attached hydrogens (tertiary/aromatic N) is 1. The lowest BCUT2D eigenvalue weighted by Crippen LogP contribution is -2.36. The molecule has 9 heteroatoms. The highest BCUT2D eigenvalue weighted by atomic mass is 19.4. The number of anilines is 1. The third kappa shape index (κ3) is 5.49. The Balaban J connectivity index is 2.26. The van der Waals surface area contributed by atoms with Crippen molar-refractivity contribution in [2.24, 2.45) is 11.7 Å². The molecule has 1 aromatic heterocycles. The number of carbonyl (C=O) groups excluding carboxylic acids is 1. The van der Waals surface area contributed by atoms with Crippen LogP contribution in [-0.4, -0.2) is 23.3 Å². The van der Waals surface area contributed by atoms with Crippen LogP contribution in [0.1, 0.15) is 20.3 Å². The van der Waals surface area contributed by atoms with Gasteiger partial charge in [0.25, 0.3) is 0 Å². The average Bonchev–Trinajstić information content (AvgIpc) is 2.99. The van der Waals surface area contributed by atoms with Gasteiger partial charge in [0.2, 0.25) is 5.91 Å². The maximum atomic E-state index is 12.7. The van der Waals surface area contributed by atoms with Crippen LogP contribution >= 0.6 is 0 Å². The number of hydrogen-bond donors (Lipinski definition) is 2. The number of ether oxygens (including phenoxy) is 1. The van der Waals surface area contributed by atoms with Gasteiger partial charge in [-0.25, -0.2) is 4.98 Å². The van der Waals surface area contributed by atoms with Crippen LogP contribution in [0.4, 0.5) is 18.9 Å². The van der Waals surface area contributed by atoms with Crippen molar-refractivity contribution in [1.82, 2.24) is 4.98 Å².